The third kappa shape index (κ3) is 3.37. The summed E-state index contributed by atoms with van der Waals surface area (Å²) in [7, 11) is 0. The van der Waals surface area contributed by atoms with E-state index in [1.807, 2.05) is 38.1 Å². The average Bonchev–Trinajstić information content (AvgIpc) is 3.13. The highest BCUT2D eigenvalue weighted by molar-refractivity contribution is 6.07. The normalized spacial score (nSPS) is 21.0. The van der Waals surface area contributed by atoms with Crippen molar-refractivity contribution in [2.45, 2.75) is 32.0 Å². The van der Waals surface area contributed by atoms with E-state index in [0.717, 1.165) is 12.1 Å². The highest BCUT2D eigenvalue weighted by atomic mass is 16.5. The molecule has 0 radical (unpaired) electrons. The van der Waals surface area contributed by atoms with Gasteiger partial charge in [0.2, 0.25) is 5.88 Å². The lowest BCUT2D eigenvalue weighted by Gasteiger charge is -2.39. The number of aromatic nitrogens is 1. The molecule has 2 aromatic rings. The second-order valence-corrected chi connectivity index (χ2v) is 7.21. The average molecular weight is 354 g/mol. The third-order valence-electron chi connectivity index (χ3n) is 4.48. The van der Waals surface area contributed by atoms with Crippen LogP contribution >= 0.6 is 0 Å². The first kappa shape index (κ1) is 16.8. The standard InChI is InChI=1S/C20H22N2O4/c1-20(2)13-22(16-5-3-4-6-17(16)26-20)19(23)14-7-9-21-18(11-14)25-15-8-10-24-12-15/h3-7,9,11,15H,8,10,12-13H2,1-2H3. The van der Waals surface area contributed by atoms with Crippen molar-refractivity contribution in [3.8, 4) is 11.6 Å². The Bertz CT molecular complexity index is 815. The van der Waals surface area contributed by atoms with Gasteiger partial charge in [-0.1, -0.05) is 12.1 Å². The summed E-state index contributed by atoms with van der Waals surface area (Å²) in [5.74, 6) is 1.07. The van der Waals surface area contributed by atoms with Crippen LogP contribution in [0.1, 0.15) is 30.6 Å². The molecule has 2 aliphatic rings. The number of benzene rings is 1. The first-order chi connectivity index (χ1) is 12.5. The number of hydrogen-bond acceptors (Lipinski definition) is 5. The van der Waals surface area contributed by atoms with Crippen LogP contribution in [0.4, 0.5) is 5.69 Å². The first-order valence-corrected chi connectivity index (χ1v) is 8.82. The lowest BCUT2D eigenvalue weighted by Crippen LogP contribution is -2.49. The van der Waals surface area contributed by atoms with E-state index in [-0.39, 0.29) is 12.0 Å². The van der Waals surface area contributed by atoms with Crippen LogP contribution < -0.4 is 14.4 Å². The molecule has 1 amide bonds. The van der Waals surface area contributed by atoms with Gasteiger partial charge < -0.3 is 19.1 Å². The van der Waals surface area contributed by atoms with Gasteiger partial charge in [0.05, 0.1) is 25.4 Å². The number of anilines is 1. The van der Waals surface area contributed by atoms with E-state index in [2.05, 4.69) is 4.98 Å². The molecule has 6 heteroatoms. The quantitative estimate of drug-likeness (QED) is 0.848. The van der Waals surface area contributed by atoms with E-state index in [4.69, 9.17) is 14.2 Å². The highest BCUT2D eigenvalue weighted by Crippen LogP contribution is 2.37. The van der Waals surface area contributed by atoms with Gasteiger partial charge in [0.25, 0.3) is 5.91 Å². The minimum Gasteiger partial charge on any atom is -0.484 e. The van der Waals surface area contributed by atoms with Crippen molar-refractivity contribution in [2.24, 2.45) is 0 Å². The summed E-state index contributed by atoms with van der Waals surface area (Å²) in [6.45, 7) is 5.68. The molecule has 1 saturated heterocycles. The maximum atomic E-state index is 13.2. The number of rotatable bonds is 3. The Balaban J connectivity index is 1.61. The van der Waals surface area contributed by atoms with Crippen molar-refractivity contribution in [2.75, 3.05) is 24.7 Å². The largest absolute Gasteiger partial charge is 0.484 e. The Morgan fingerprint density at radius 2 is 2.15 bits per heavy atom. The zero-order valence-electron chi connectivity index (χ0n) is 15.0. The molecule has 2 aliphatic heterocycles. The van der Waals surface area contributed by atoms with Crippen LogP contribution in [-0.4, -0.2) is 42.4 Å². The Labute approximate surface area is 152 Å². The van der Waals surface area contributed by atoms with Gasteiger partial charge in [-0.15, -0.1) is 0 Å². The number of ether oxygens (including phenoxy) is 3. The van der Waals surface area contributed by atoms with E-state index >= 15 is 0 Å². The van der Waals surface area contributed by atoms with Crippen LogP contribution in [0, 0.1) is 0 Å². The van der Waals surface area contributed by atoms with Crippen molar-refractivity contribution < 1.29 is 19.0 Å². The molecular weight excluding hydrogens is 332 g/mol. The van der Waals surface area contributed by atoms with Gasteiger partial charge in [0, 0.05) is 24.2 Å². The molecule has 136 valence electrons. The Kier molecular flexibility index (Phi) is 4.28. The van der Waals surface area contributed by atoms with E-state index in [1.165, 1.54) is 0 Å². The molecule has 0 bridgehead atoms. The van der Waals surface area contributed by atoms with Crippen LogP contribution in [0.15, 0.2) is 42.6 Å². The molecule has 6 nitrogen and oxygen atoms in total. The van der Waals surface area contributed by atoms with Crippen molar-refractivity contribution in [1.82, 2.24) is 4.98 Å². The summed E-state index contributed by atoms with van der Waals surface area (Å²) in [6, 6.07) is 11.0. The number of nitrogens with zero attached hydrogens (tertiary/aromatic N) is 2. The first-order valence-electron chi connectivity index (χ1n) is 8.82. The van der Waals surface area contributed by atoms with Gasteiger partial charge in [0.1, 0.15) is 17.5 Å². The number of fused-ring (bicyclic) bond motifs is 1. The fraction of sp³-hybridized carbons (Fsp3) is 0.400. The minimum atomic E-state index is -0.461. The minimum absolute atomic E-state index is 0.00380. The van der Waals surface area contributed by atoms with Gasteiger partial charge in [-0.05, 0) is 32.0 Å². The second kappa shape index (κ2) is 6.61. The van der Waals surface area contributed by atoms with Crippen molar-refractivity contribution in [1.29, 1.82) is 0 Å². The molecule has 3 heterocycles. The van der Waals surface area contributed by atoms with Crippen LogP contribution in [0.5, 0.6) is 11.6 Å². The van der Waals surface area contributed by atoms with Gasteiger partial charge in [0.15, 0.2) is 0 Å². The number of hydrogen-bond donors (Lipinski definition) is 0. The summed E-state index contributed by atoms with van der Waals surface area (Å²) >= 11 is 0. The van der Waals surface area contributed by atoms with Crippen molar-refractivity contribution in [3.05, 3.63) is 48.2 Å². The zero-order chi connectivity index (χ0) is 18.1. The number of amides is 1. The predicted octanol–water partition coefficient (Wildman–Crippen LogP) is 3.07. The molecule has 1 aromatic carbocycles. The fourth-order valence-electron chi connectivity index (χ4n) is 3.28. The Hall–Kier alpha value is -2.60. The van der Waals surface area contributed by atoms with Gasteiger partial charge >= 0.3 is 0 Å². The van der Waals surface area contributed by atoms with E-state index < -0.39 is 5.60 Å². The number of pyridine rings is 1. The van der Waals surface area contributed by atoms with E-state index in [9.17, 15) is 4.79 Å². The smallest absolute Gasteiger partial charge is 0.258 e. The van der Waals surface area contributed by atoms with Gasteiger partial charge in [-0.2, -0.15) is 0 Å². The summed E-state index contributed by atoms with van der Waals surface area (Å²) in [5.41, 5.74) is 0.860. The summed E-state index contributed by atoms with van der Waals surface area (Å²) in [6.07, 6.45) is 2.44. The van der Waals surface area contributed by atoms with E-state index in [0.29, 0.717) is 37.0 Å². The van der Waals surface area contributed by atoms with Crippen molar-refractivity contribution in [3.63, 3.8) is 0 Å². The molecule has 1 aromatic heterocycles. The Morgan fingerprint density at radius 3 is 2.96 bits per heavy atom. The molecular formula is C20H22N2O4. The molecule has 0 N–H and O–H groups in total. The molecule has 1 fully saturated rings. The topological polar surface area (TPSA) is 60.9 Å². The predicted molar refractivity (Wildman–Crippen MR) is 96.9 cm³/mol. The van der Waals surface area contributed by atoms with Crippen LogP contribution in [-0.2, 0) is 4.74 Å². The lowest BCUT2D eigenvalue weighted by atomic mass is 10.0. The highest BCUT2D eigenvalue weighted by Gasteiger charge is 2.35. The second-order valence-electron chi connectivity index (χ2n) is 7.21. The van der Waals surface area contributed by atoms with Crippen molar-refractivity contribution >= 4 is 11.6 Å². The molecule has 26 heavy (non-hydrogen) atoms. The maximum Gasteiger partial charge on any atom is 0.258 e. The summed E-state index contributed by atoms with van der Waals surface area (Å²) in [4.78, 5) is 19.2. The molecule has 0 saturated carbocycles. The van der Waals surface area contributed by atoms with Gasteiger partial charge in [-0.3, -0.25) is 4.79 Å². The van der Waals surface area contributed by atoms with Gasteiger partial charge in [-0.25, -0.2) is 4.98 Å². The SMILES string of the molecule is CC1(C)CN(C(=O)c2ccnc(OC3CCOC3)c2)c2ccccc2O1. The summed E-state index contributed by atoms with van der Waals surface area (Å²) in [5, 5.41) is 0. The third-order valence-corrected chi connectivity index (χ3v) is 4.48. The number of carbonyl (C=O) groups excluding carboxylic acids is 1. The lowest BCUT2D eigenvalue weighted by molar-refractivity contribution is 0.0836. The molecule has 1 unspecified atom stereocenters. The Morgan fingerprint density at radius 1 is 1.31 bits per heavy atom. The van der Waals surface area contributed by atoms with Crippen LogP contribution in [0.3, 0.4) is 0 Å². The molecule has 0 spiro atoms. The monoisotopic (exact) mass is 354 g/mol. The fourth-order valence-corrected chi connectivity index (χ4v) is 3.28. The molecule has 1 atom stereocenters. The van der Waals surface area contributed by atoms with Crippen LogP contribution in [0.2, 0.25) is 0 Å². The number of carbonyl (C=O) groups is 1. The van der Waals surface area contributed by atoms with E-state index in [1.54, 1.807) is 23.2 Å². The number of para-hydroxylation sites is 2. The van der Waals surface area contributed by atoms with Crippen LogP contribution in [0.25, 0.3) is 0 Å². The molecule has 0 aliphatic carbocycles. The maximum absolute atomic E-state index is 13.2. The summed E-state index contributed by atoms with van der Waals surface area (Å²) < 4.78 is 17.2. The zero-order valence-corrected chi connectivity index (χ0v) is 15.0. The molecule has 4 rings (SSSR count).